The Hall–Kier alpha value is -3.14. The van der Waals surface area contributed by atoms with E-state index in [1.54, 1.807) is 6.07 Å². The number of pyridine rings is 1. The Morgan fingerprint density at radius 1 is 0.867 bits per heavy atom. The highest BCUT2D eigenvalue weighted by Crippen LogP contribution is 2.41. The van der Waals surface area contributed by atoms with E-state index in [2.05, 4.69) is 45.9 Å². The lowest BCUT2D eigenvalue weighted by Crippen LogP contribution is -2.21. The minimum absolute atomic E-state index is 0.214. The minimum atomic E-state index is -0.622. The molecule has 2 heterocycles. The molecule has 0 N–H and O–H groups in total. The topological polar surface area (TPSA) is 25.2 Å². The van der Waals surface area contributed by atoms with Gasteiger partial charge >= 0.3 is 0 Å². The molecule has 0 aliphatic carbocycles. The third-order valence-electron chi connectivity index (χ3n) is 5.62. The van der Waals surface area contributed by atoms with Crippen LogP contribution in [0.25, 0.3) is 11.3 Å². The van der Waals surface area contributed by atoms with Crippen LogP contribution in [0.1, 0.15) is 39.0 Å². The van der Waals surface area contributed by atoms with Gasteiger partial charge in [-0.05, 0) is 43.7 Å². The van der Waals surface area contributed by atoms with E-state index in [0.29, 0.717) is 5.69 Å². The molecule has 2 aromatic carbocycles. The van der Waals surface area contributed by atoms with Gasteiger partial charge in [0.05, 0.1) is 17.1 Å². The van der Waals surface area contributed by atoms with Gasteiger partial charge in [0.25, 0.3) is 0 Å². The lowest BCUT2D eigenvalue weighted by atomic mass is 9.80. The van der Waals surface area contributed by atoms with Crippen LogP contribution in [0.5, 0.6) is 0 Å². The molecule has 0 saturated carbocycles. The van der Waals surface area contributed by atoms with E-state index in [4.69, 9.17) is 9.98 Å². The van der Waals surface area contributed by atoms with Crippen molar-refractivity contribution in [1.29, 1.82) is 0 Å². The van der Waals surface area contributed by atoms with Crippen molar-refractivity contribution < 1.29 is 8.78 Å². The number of benzene rings is 2. The summed E-state index contributed by atoms with van der Waals surface area (Å²) in [6, 6.07) is 19.2. The van der Waals surface area contributed by atoms with E-state index in [1.807, 2.05) is 30.3 Å². The van der Waals surface area contributed by atoms with E-state index >= 15 is 0 Å². The maximum absolute atomic E-state index is 14.3. The molecule has 1 aromatic heterocycles. The summed E-state index contributed by atoms with van der Waals surface area (Å²) in [6.45, 7) is 8.44. The molecular weight excluding hydrogens is 378 g/mol. The van der Waals surface area contributed by atoms with Crippen LogP contribution in [0, 0.1) is 17.0 Å². The Morgan fingerprint density at radius 3 is 2.30 bits per heavy atom. The van der Waals surface area contributed by atoms with Crippen LogP contribution < -0.4 is 0 Å². The molecular formula is C26H24F2N2. The number of hydrogen-bond acceptors (Lipinski definition) is 2. The van der Waals surface area contributed by atoms with Gasteiger partial charge in [0.15, 0.2) is 0 Å². The highest BCUT2D eigenvalue weighted by atomic mass is 19.1. The van der Waals surface area contributed by atoms with Gasteiger partial charge in [-0.2, -0.15) is 0 Å². The predicted octanol–water partition coefficient (Wildman–Crippen LogP) is 6.72. The van der Waals surface area contributed by atoms with Crippen molar-refractivity contribution >= 4 is 5.71 Å². The SMILES string of the molecule is CC1(C)C=C(C(C)(C)c2cccc(-c3ccc(F)cc3F)n2)N=C1c1ccccc1. The predicted molar refractivity (Wildman–Crippen MR) is 117 cm³/mol. The number of allylic oxidation sites excluding steroid dienone is 2. The molecule has 2 nitrogen and oxygen atoms in total. The standard InChI is InChI=1S/C26H24F2N2/c1-25(2)16-23(30-24(25)17-9-6-5-7-10-17)26(3,4)22-12-8-11-21(29-22)19-14-13-18(27)15-20(19)28/h5-16H,1-4H3. The van der Waals surface area contributed by atoms with Gasteiger partial charge in [-0.15, -0.1) is 0 Å². The average Bonchev–Trinajstić information content (AvgIpc) is 3.05. The van der Waals surface area contributed by atoms with E-state index in [-0.39, 0.29) is 11.0 Å². The largest absolute Gasteiger partial charge is 0.256 e. The molecule has 1 aliphatic rings. The van der Waals surface area contributed by atoms with Gasteiger partial charge in [-0.3, -0.25) is 9.98 Å². The highest BCUT2D eigenvalue weighted by Gasteiger charge is 2.37. The Labute approximate surface area is 176 Å². The first-order valence-electron chi connectivity index (χ1n) is 9.99. The summed E-state index contributed by atoms with van der Waals surface area (Å²) in [7, 11) is 0. The van der Waals surface area contributed by atoms with E-state index in [0.717, 1.165) is 28.7 Å². The first kappa shape index (κ1) is 20.1. The second-order valence-corrected chi connectivity index (χ2v) is 8.73. The summed E-state index contributed by atoms with van der Waals surface area (Å²) in [5, 5.41) is 0. The molecule has 1 aliphatic heterocycles. The van der Waals surface area contributed by atoms with Gasteiger partial charge < -0.3 is 0 Å². The second-order valence-electron chi connectivity index (χ2n) is 8.73. The van der Waals surface area contributed by atoms with Crippen molar-refractivity contribution in [2.45, 2.75) is 33.1 Å². The Bertz CT molecular complexity index is 1160. The normalized spacial score (nSPS) is 15.7. The summed E-state index contributed by atoms with van der Waals surface area (Å²) in [6.07, 6.45) is 2.18. The van der Waals surface area contributed by atoms with Crippen LogP contribution in [0.4, 0.5) is 8.78 Å². The van der Waals surface area contributed by atoms with Gasteiger partial charge in [-0.25, -0.2) is 8.78 Å². The van der Waals surface area contributed by atoms with Crippen LogP contribution in [0.2, 0.25) is 0 Å². The quantitative estimate of drug-likeness (QED) is 0.476. The lowest BCUT2D eigenvalue weighted by molar-refractivity contribution is 0.581. The van der Waals surface area contributed by atoms with Crippen LogP contribution in [-0.2, 0) is 5.41 Å². The van der Waals surface area contributed by atoms with Gasteiger partial charge in [0.1, 0.15) is 11.6 Å². The summed E-state index contributed by atoms with van der Waals surface area (Å²) >= 11 is 0. The molecule has 0 bridgehead atoms. The Balaban J connectivity index is 1.75. The highest BCUT2D eigenvalue weighted by molar-refractivity contribution is 6.07. The summed E-state index contributed by atoms with van der Waals surface area (Å²) in [4.78, 5) is 9.73. The van der Waals surface area contributed by atoms with Crippen LogP contribution >= 0.6 is 0 Å². The number of halogens is 2. The molecule has 0 spiro atoms. The zero-order valence-corrected chi connectivity index (χ0v) is 17.6. The fourth-order valence-electron chi connectivity index (χ4n) is 3.82. The monoisotopic (exact) mass is 402 g/mol. The molecule has 0 saturated heterocycles. The van der Waals surface area contributed by atoms with Crippen molar-refractivity contribution in [2.75, 3.05) is 0 Å². The number of nitrogens with zero attached hydrogens (tertiary/aromatic N) is 2. The summed E-state index contributed by atoms with van der Waals surface area (Å²) in [5.41, 5.74) is 3.88. The van der Waals surface area contributed by atoms with Crippen LogP contribution in [0.3, 0.4) is 0 Å². The Morgan fingerprint density at radius 2 is 1.60 bits per heavy atom. The minimum Gasteiger partial charge on any atom is -0.256 e. The lowest BCUT2D eigenvalue weighted by Gasteiger charge is -2.24. The molecule has 3 aromatic rings. The van der Waals surface area contributed by atoms with Crippen LogP contribution in [0.15, 0.2) is 83.5 Å². The summed E-state index contributed by atoms with van der Waals surface area (Å²) < 4.78 is 27.6. The number of rotatable bonds is 4. The second kappa shape index (κ2) is 7.28. The molecule has 0 amide bonds. The average molecular weight is 402 g/mol. The van der Waals surface area contributed by atoms with Gasteiger partial charge in [-0.1, -0.05) is 56.3 Å². The maximum Gasteiger partial charge on any atom is 0.135 e. The van der Waals surface area contributed by atoms with Crippen molar-refractivity contribution in [3.8, 4) is 11.3 Å². The molecule has 0 unspecified atom stereocenters. The van der Waals surface area contributed by atoms with Gasteiger partial charge in [0.2, 0.25) is 0 Å². The number of aliphatic imine (C=N–C) groups is 1. The van der Waals surface area contributed by atoms with Crippen LogP contribution in [-0.4, -0.2) is 10.7 Å². The molecule has 152 valence electrons. The first-order valence-corrected chi connectivity index (χ1v) is 9.99. The van der Waals surface area contributed by atoms with Crippen molar-refractivity contribution in [3.05, 3.63) is 101 Å². The third-order valence-corrected chi connectivity index (χ3v) is 5.62. The number of hydrogen-bond donors (Lipinski definition) is 0. The van der Waals surface area contributed by atoms with E-state index in [9.17, 15) is 8.78 Å². The Kier molecular flexibility index (Phi) is 4.89. The maximum atomic E-state index is 14.3. The van der Waals surface area contributed by atoms with Crippen molar-refractivity contribution in [3.63, 3.8) is 0 Å². The molecule has 0 radical (unpaired) electrons. The van der Waals surface area contributed by atoms with Crippen molar-refractivity contribution in [1.82, 2.24) is 4.98 Å². The summed E-state index contributed by atoms with van der Waals surface area (Å²) in [5.74, 6) is -1.23. The fraction of sp³-hybridized carbons (Fsp3) is 0.231. The molecule has 0 atom stereocenters. The van der Waals surface area contributed by atoms with E-state index in [1.165, 1.54) is 12.1 Å². The molecule has 0 fully saturated rings. The zero-order valence-electron chi connectivity index (χ0n) is 17.6. The smallest absolute Gasteiger partial charge is 0.135 e. The third kappa shape index (κ3) is 3.58. The number of aromatic nitrogens is 1. The fourth-order valence-corrected chi connectivity index (χ4v) is 3.82. The molecule has 30 heavy (non-hydrogen) atoms. The molecule has 4 heteroatoms. The molecule has 4 rings (SSSR count). The van der Waals surface area contributed by atoms with Crippen molar-refractivity contribution in [2.24, 2.45) is 10.4 Å². The van der Waals surface area contributed by atoms with Gasteiger partial charge in [0, 0.05) is 28.2 Å². The van der Waals surface area contributed by atoms with E-state index < -0.39 is 17.0 Å². The zero-order chi connectivity index (χ0) is 21.5. The first-order chi connectivity index (χ1) is 14.2.